The maximum absolute atomic E-state index is 6.32. The quantitative estimate of drug-likeness (QED) is 0.790. The number of hydrogen-bond acceptors (Lipinski definition) is 2. The smallest absolute Gasteiger partial charge is 0.0642 e. The SMILES string of the molecule is Cc1ccc(N2Cc3cccc(N)c3C2)c(Cl)c1. The third-order valence-electron chi connectivity index (χ3n) is 3.46. The van der Waals surface area contributed by atoms with E-state index in [1.807, 2.05) is 25.1 Å². The second-order valence-corrected chi connectivity index (χ2v) is 5.20. The van der Waals surface area contributed by atoms with Crippen LogP contribution in [0.1, 0.15) is 16.7 Å². The average Bonchev–Trinajstić information content (AvgIpc) is 2.74. The highest BCUT2D eigenvalue weighted by atomic mass is 35.5. The van der Waals surface area contributed by atoms with Crippen LogP contribution in [0.5, 0.6) is 0 Å². The van der Waals surface area contributed by atoms with Crippen molar-refractivity contribution in [3.8, 4) is 0 Å². The van der Waals surface area contributed by atoms with Crippen LogP contribution in [-0.4, -0.2) is 0 Å². The summed E-state index contributed by atoms with van der Waals surface area (Å²) in [5.74, 6) is 0. The Morgan fingerprint density at radius 1 is 1.17 bits per heavy atom. The third kappa shape index (κ3) is 1.83. The average molecular weight is 259 g/mol. The molecule has 0 saturated heterocycles. The number of benzene rings is 2. The molecule has 0 bridgehead atoms. The fraction of sp³-hybridized carbons (Fsp3) is 0.200. The van der Waals surface area contributed by atoms with Crippen molar-refractivity contribution in [2.45, 2.75) is 20.0 Å². The van der Waals surface area contributed by atoms with E-state index in [9.17, 15) is 0 Å². The van der Waals surface area contributed by atoms with Gasteiger partial charge in [-0.15, -0.1) is 0 Å². The van der Waals surface area contributed by atoms with Gasteiger partial charge in [0.15, 0.2) is 0 Å². The zero-order valence-electron chi connectivity index (χ0n) is 10.3. The van der Waals surface area contributed by atoms with Gasteiger partial charge in [0, 0.05) is 18.8 Å². The Kier molecular flexibility index (Phi) is 2.67. The van der Waals surface area contributed by atoms with Crippen LogP contribution in [0.25, 0.3) is 0 Å². The summed E-state index contributed by atoms with van der Waals surface area (Å²) in [7, 11) is 0. The lowest BCUT2D eigenvalue weighted by molar-refractivity contribution is 0.881. The van der Waals surface area contributed by atoms with Crippen molar-refractivity contribution >= 4 is 23.0 Å². The molecule has 2 aromatic rings. The molecule has 92 valence electrons. The first-order valence-electron chi connectivity index (χ1n) is 6.02. The molecule has 0 aliphatic carbocycles. The van der Waals surface area contributed by atoms with Crippen molar-refractivity contribution in [3.05, 3.63) is 58.1 Å². The number of rotatable bonds is 1. The van der Waals surface area contributed by atoms with Crippen molar-refractivity contribution in [2.75, 3.05) is 10.6 Å². The van der Waals surface area contributed by atoms with Crippen LogP contribution >= 0.6 is 11.6 Å². The number of nitrogen functional groups attached to an aromatic ring is 1. The minimum absolute atomic E-state index is 0.807. The zero-order chi connectivity index (χ0) is 12.7. The van der Waals surface area contributed by atoms with Crippen molar-refractivity contribution < 1.29 is 0 Å². The summed E-state index contributed by atoms with van der Waals surface area (Å²) >= 11 is 6.32. The highest BCUT2D eigenvalue weighted by Gasteiger charge is 2.22. The maximum atomic E-state index is 6.32. The minimum atomic E-state index is 0.807. The molecule has 0 fully saturated rings. The molecule has 1 aliphatic rings. The summed E-state index contributed by atoms with van der Waals surface area (Å²) in [6.07, 6.45) is 0. The van der Waals surface area contributed by atoms with E-state index < -0.39 is 0 Å². The lowest BCUT2D eigenvalue weighted by atomic mass is 10.1. The first kappa shape index (κ1) is 11.4. The largest absolute Gasteiger partial charge is 0.398 e. The van der Waals surface area contributed by atoms with Crippen LogP contribution in [0.15, 0.2) is 36.4 Å². The zero-order valence-corrected chi connectivity index (χ0v) is 11.0. The van der Waals surface area contributed by atoms with Gasteiger partial charge in [-0.05, 0) is 41.8 Å². The van der Waals surface area contributed by atoms with E-state index in [0.29, 0.717) is 0 Å². The first-order chi connectivity index (χ1) is 8.65. The lowest BCUT2D eigenvalue weighted by Crippen LogP contribution is -2.15. The van der Waals surface area contributed by atoms with Gasteiger partial charge in [-0.3, -0.25) is 0 Å². The summed E-state index contributed by atoms with van der Waals surface area (Å²) in [6.45, 7) is 3.76. The molecule has 18 heavy (non-hydrogen) atoms. The standard InChI is InChI=1S/C15H15ClN2/c1-10-5-6-15(13(16)7-10)18-8-11-3-2-4-14(17)12(11)9-18/h2-7H,8-9,17H2,1H3. The van der Waals surface area contributed by atoms with Gasteiger partial charge in [0.2, 0.25) is 0 Å². The Hall–Kier alpha value is -1.67. The number of halogens is 1. The molecule has 3 rings (SSSR count). The molecule has 3 heteroatoms. The number of anilines is 2. The van der Waals surface area contributed by atoms with Crippen molar-refractivity contribution in [1.29, 1.82) is 0 Å². The number of nitrogens with zero attached hydrogens (tertiary/aromatic N) is 1. The molecular formula is C15H15ClN2. The van der Waals surface area contributed by atoms with Crippen LogP contribution in [0.4, 0.5) is 11.4 Å². The van der Waals surface area contributed by atoms with Gasteiger partial charge in [-0.1, -0.05) is 29.8 Å². The van der Waals surface area contributed by atoms with Gasteiger partial charge >= 0.3 is 0 Å². The molecule has 0 amide bonds. The summed E-state index contributed by atoms with van der Waals surface area (Å²) < 4.78 is 0. The topological polar surface area (TPSA) is 29.3 Å². The first-order valence-corrected chi connectivity index (χ1v) is 6.40. The predicted octanol–water partition coefficient (Wildman–Crippen LogP) is 3.75. The molecule has 0 radical (unpaired) electrons. The van der Waals surface area contributed by atoms with Gasteiger partial charge in [0.25, 0.3) is 0 Å². The molecule has 0 unspecified atom stereocenters. The molecule has 2 aromatic carbocycles. The lowest BCUT2D eigenvalue weighted by Gasteiger charge is -2.19. The molecule has 1 heterocycles. The Bertz CT molecular complexity index is 607. The molecule has 0 saturated carbocycles. The van der Waals surface area contributed by atoms with E-state index in [2.05, 4.69) is 23.1 Å². The summed E-state index contributed by atoms with van der Waals surface area (Å²) in [5, 5.41) is 0.807. The molecule has 1 aliphatic heterocycles. The van der Waals surface area contributed by atoms with E-state index in [0.717, 1.165) is 29.5 Å². The highest BCUT2D eigenvalue weighted by molar-refractivity contribution is 6.33. The van der Waals surface area contributed by atoms with Gasteiger partial charge < -0.3 is 10.6 Å². The van der Waals surface area contributed by atoms with E-state index in [4.69, 9.17) is 17.3 Å². The fourth-order valence-electron chi connectivity index (χ4n) is 2.49. The second-order valence-electron chi connectivity index (χ2n) is 4.80. The highest BCUT2D eigenvalue weighted by Crippen LogP contribution is 2.35. The van der Waals surface area contributed by atoms with Crippen LogP contribution in [0, 0.1) is 6.92 Å². The minimum Gasteiger partial charge on any atom is -0.398 e. The fourth-order valence-corrected chi connectivity index (χ4v) is 2.84. The molecule has 0 aromatic heterocycles. The van der Waals surface area contributed by atoms with E-state index in [-0.39, 0.29) is 0 Å². The molecule has 2 nitrogen and oxygen atoms in total. The van der Waals surface area contributed by atoms with E-state index >= 15 is 0 Å². The normalized spacial score (nSPS) is 13.8. The molecule has 2 N–H and O–H groups in total. The van der Waals surface area contributed by atoms with Gasteiger partial charge in [-0.2, -0.15) is 0 Å². The number of aryl methyl sites for hydroxylation is 1. The molecule has 0 spiro atoms. The van der Waals surface area contributed by atoms with Crippen LogP contribution in [-0.2, 0) is 13.1 Å². The number of fused-ring (bicyclic) bond motifs is 1. The van der Waals surface area contributed by atoms with Crippen LogP contribution < -0.4 is 10.6 Å². The predicted molar refractivity (Wildman–Crippen MR) is 76.9 cm³/mol. The Morgan fingerprint density at radius 2 is 2.00 bits per heavy atom. The van der Waals surface area contributed by atoms with Gasteiger partial charge in [-0.25, -0.2) is 0 Å². The Balaban J connectivity index is 1.96. The summed E-state index contributed by atoms with van der Waals surface area (Å²) in [4.78, 5) is 2.27. The monoisotopic (exact) mass is 258 g/mol. The number of hydrogen-bond donors (Lipinski definition) is 1. The van der Waals surface area contributed by atoms with Gasteiger partial charge in [0.05, 0.1) is 10.7 Å². The van der Waals surface area contributed by atoms with Gasteiger partial charge in [0.1, 0.15) is 0 Å². The van der Waals surface area contributed by atoms with E-state index in [1.165, 1.54) is 16.7 Å². The Labute approximate surface area is 112 Å². The maximum Gasteiger partial charge on any atom is 0.0642 e. The molecular weight excluding hydrogens is 244 g/mol. The van der Waals surface area contributed by atoms with Crippen LogP contribution in [0.3, 0.4) is 0 Å². The second kappa shape index (κ2) is 4.21. The Morgan fingerprint density at radius 3 is 2.72 bits per heavy atom. The van der Waals surface area contributed by atoms with Crippen LogP contribution in [0.2, 0.25) is 5.02 Å². The van der Waals surface area contributed by atoms with Crippen molar-refractivity contribution in [1.82, 2.24) is 0 Å². The third-order valence-corrected chi connectivity index (χ3v) is 3.77. The summed E-state index contributed by atoms with van der Waals surface area (Å²) in [6, 6.07) is 12.3. The summed E-state index contributed by atoms with van der Waals surface area (Å²) in [5.41, 5.74) is 11.7. The van der Waals surface area contributed by atoms with E-state index in [1.54, 1.807) is 0 Å². The molecule has 0 atom stereocenters. The number of nitrogens with two attached hydrogens (primary N) is 1. The van der Waals surface area contributed by atoms with Crippen molar-refractivity contribution in [3.63, 3.8) is 0 Å². The van der Waals surface area contributed by atoms with Crippen molar-refractivity contribution in [2.24, 2.45) is 0 Å².